The van der Waals surface area contributed by atoms with Gasteiger partial charge in [-0.2, -0.15) is 0 Å². The third-order valence-corrected chi connectivity index (χ3v) is 2.96. The zero-order valence-electron chi connectivity index (χ0n) is 10.4. The van der Waals surface area contributed by atoms with E-state index in [2.05, 4.69) is 9.72 Å². The lowest BCUT2D eigenvalue weighted by atomic mass is 10.1. The van der Waals surface area contributed by atoms with Crippen LogP contribution in [-0.4, -0.2) is 23.0 Å². The number of hydrogen-bond donors (Lipinski definition) is 0. The van der Waals surface area contributed by atoms with Crippen molar-refractivity contribution in [2.24, 2.45) is 0 Å². The molecule has 1 aromatic carbocycles. The van der Waals surface area contributed by atoms with Gasteiger partial charge in [0.2, 0.25) is 0 Å². The smallest absolute Gasteiger partial charge is 0.339 e. The average Bonchev–Trinajstić information content (AvgIpc) is 2.47. The molecule has 0 aliphatic rings. The van der Waals surface area contributed by atoms with Crippen LogP contribution >= 0.6 is 11.6 Å². The summed E-state index contributed by atoms with van der Waals surface area (Å²) in [7, 11) is 1.23. The Labute approximate surface area is 119 Å². The van der Waals surface area contributed by atoms with Crippen molar-refractivity contribution < 1.29 is 14.5 Å². The summed E-state index contributed by atoms with van der Waals surface area (Å²) in [6, 6.07) is 7.27. The van der Waals surface area contributed by atoms with Crippen LogP contribution in [-0.2, 0) is 4.74 Å². The predicted molar refractivity (Wildman–Crippen MR) is 72.7 cm³/mol. The lowest BCUT2D eigenvalue weighted by Gasteiger charge is -2.06. The molecule has 102 valence electrons. The molecule has 0 bridgehead atoms. The number of halogens is 1. The third-order valence-electron chi connectivity index (χ3n) is 2.63. The van der Waals surface area contributed by atoms with E-state index in [0.29, 0.717) is 5.56 Å². The topological polar surface area (TPSA) is 82.3 Å². The number of aromatic nitrogens is 1. The SMILES string of the molecule is COC(=O)c1cc(-c2ncccc2[N+](=O)[O-])ccc1Cl. The fourth-order valence-corrected chi connectivity index (χ4v) is 1.90. The molecule has 7 heteroatoms. The second-order valence-corrected chi connectivity index (χ2v) is 4.22. The molecule has 1 aromatic heterocycles. The van der Waals surface area contributed by atoms with Gasteiger partial charge < -0.3 is 4.74 Å². The Balaban J connectivity index is 2.60. The van der Waals surface area contributed by atoms with Crippen molar-refractivity contribution in [2.45, 2.75) is 0 Å². The fourth-order valence-electron chi connectivity index (χ4n) is 1.71. The summed E-state index contributed by atoms with van der Waals surface area (Å²) in [6.45, 7) is 0. The molecule has 0 N–H and O–H groups in total. The van der Waals surface area contributed by atoms with Gasteiger partial charge in [-0.1, -0.05) is 17.7 Å². The molecule has 0 saturated heterocycles. The van der Waals surface area contributed by atoms with Crippen LogP contribution in [0.3, 0.4) is 0 Å². The molecule has 2 rings (SSSR count). The number of methoxy groups -OCH3 is 1. The van der Waals surface area contributed by atoms with Crippen LogP contribution in [0.2, 0.25) is 5.02 Å². The van der Waals surface area contributed by atoms with Gasteiger partial charge in [0.15, 0.2) is 0 Å². The van der Waals surface area contributed by atoms with Crippen LogP contribution in [0.15, 0.2) is 36.5 Å². The Morgan fingerprint density at radius 3 is 2.80 bits per heavy atom. The molecule has 0 spiro atoms. The Bertz CT molecular complexity index is 688. The Morgan fingerprint density at radius 2 is 2.15 bits per heavy atom. The minimum Gasteiger partial charge on any atom is -0.465 e. The maximum Gasteiger partial charge on any atom is 0.339 e. The van der Waals surface area contributed by atoms with E-state index in [0.717, 1.165) is 0 Å². The van der Waals surface area contributed by atoms with Crippen molar-refractivity contribution in [3.63, 3.8) is 0 Å². The number of hydrogen-bond acceptors (Lipinski definition) is 5. The van der Waals surface area contributed by atoms with Crippen molar-refractivity contribution in [3.05, 3.63) is 57.2 Å². The maximum absolute atomic E-state index is 11.6. The highest BCUT2D eigenvalue weighted by Gasteiger charge is 2.19. The first-order valence-electron chi connectivity index (χ1n) is 5.52. The predicted octanol–water partition coefficient (Wildman–Crippen LogP) is 3.10. The molecule has 0 saturated carbocycles. The molecule has 0 fully saturated rings. The zero-order valence-corrected chi connectivity index (χ0v) is 11.1. The number of esters is 1. The van der Waals surface area contributed by atoms with Crippen LogP contribution in [0.5, 0.6) is 0 Å². The van der Waals surface area contributed by atoms with Gasteiger partial charge in [0.05, 0.1) is 22.6 Å². The summed E-state index contributed by atoms with van der Waals surface area (Å²) in [5.41, 5.74) is 0.568. The number of nitro groups is 1. The maximum atomic E-state index is 11.6. The van der Waals surface area contributed by atoms with Crippen molar-refractivity contribution >= 4 is 23.3 Å². The number of ether oxygens (including phenoxy) is 1. The van der Waals surface area contributed by atoms with Crippen molar-refractivity contribution in [2.75, 3.05) is 7.11 Å². The molecule has 0 amide bonds. The molecule has 0 aliphatic carbocycles. The first-order valence-corrected chi connectivity index (χ1v) is 5.90. The number of benzene rings is 1. The van der Waals surface area contributed by atoms with Crippen LogP contribution < -0.4 is 0 Å². The molecule has 2 aromatic rings. The average molecular weight is 293 g/mol. The van der Waals surface area contributed by atoms with Crippen LogP contribution in [0.25, 0.3) is 11.3 Å². The van der Waals surface area contributed by atoms with Crippen molar-refractivity contribution in [1.29, 1.82) is 0 Å². The number of carbonyl (C=O) groups is 1. The minimum atomic E-state index is -0.615. The third kappa shape index (κ3) is 2.60. The molecule has 1 heterocycles. The molecule has 0 aliphatic heterocycles. The summed E-state index contributed by atoms with van der Waals surface area (Å²) in [6.07, 6.45) is 1.44. The van der Waals surface area contributed by atoms with E-state index in [1.54, 1.807) is 6.07 Å². The molecule has 0 radical (unpaired) electrons. The standard InChI is InChI=1S/C13H9ClN2O4/c1-20-13(17)9-7-8(4-5-10(9)14)12-11(16(18)19)3-2-6-15-12/h2-7H,1H3. The largest absolute Gasteiger partial charge is 0.465 e. The highest BCUT2D eigenvalue weighted by atomic mass is 35.5. The summed E-state index contributed by atoms with van der Waals surface area (Å²) < 4.78 is 4.61. The van der Waals surface area contributed by atoms with Gasteiger partial charge in [-0.05, 0) is 18.2 Å². The van der Waals surface area contributed by atoms with E-state index in [-0.39, 0.29) is 22.0 Å². The first-order chi connectivity index (χ1) is 9.54. The van der Waals surface area contributed by atoms with E-state index in [4.69, 9.17) is 11.6 Å². The van der Waals surface area contributed by atoms with Crippen LogP contribution in [0.4, 0.5) is 5.69 Å². The minimum absolute atomic E-state index is 0.131. The Kier molecular flexibility index (Phi) is 3.95. The van der Waals surface area contributed by atoms with Gasteiger partial charge in [0.1, 0.15) is 5.69 Å². The summed E-state index contributed by atoms with van der Waals surface area (Å²) in [5.74, 6) is -0.615. The monoisotopic (exact) mass is 292 g/mol. The van der Waals surface area contributed by atoms with Crippen molar-refractivity contribution in [1.82, 2.24) is 4.98 Å². The molecular formula is C13H9ClN2O4. The van der Waals surface area contributed by atoms with E-state index >= 15 is 0 Å². The second kappa shape index (κ2) is 5.66. The normalized spacial score (nSPS) is 10.1. The summed E-state index contributed by atoms with van der Waals surface area (Å²) >= 11 is 5.90. The van der Waals surface area contributed by atoms with Gasteiger partial charge in [-0.3, -0.25) is 10.1 Å². The van der Waals surface area contributed by atoms with Crippen molar-refractivity contribution in [3.8, 4) is 11.3 Å². The lowest BCUT2D eigenvalue weighted by Crippen LogP contribution is -2.03. The Hall–Kier alpha value is -2.47. The van der Waals surface area contributed by atoms with E-state index < -0.39 is 10.9 Å². The highest BCUT2D eigenvalue weighted by Crippen LogP contribution is 2.30. The molecule has 20 heavy (non-hydrogen) atoms. The zero-order chi connectivity index (χ0) is 14.7. The summed E-state index contributed by atoms with van der Waals surface area (Å²) in [4.78, 5) is 26.0. The molecule has 0 atom stereocenters. The van der Waals surface area contributed by atoms with E-state index in [1.807, 2.05) is 0 Å². The molecule has 6 nitrogen and oxygen atoms in total. The van der Waals surface area contributed by atoms with Gasteiger partial charge in [0, 0.05) is 17.8 Å². The molecular weight excluding hydrogens is 284 g/mol. The lowest BCUT2D eigenvalue weighted by molar-refractivity contribution is -0.384. The van der Waals surface area contributed by atoms with Crippen LogP contribution in [0.1, 0.15) is 10.4 Å². The van der Waals surface area contributed by atoms with Crippen LogP contribution in [0, 0.1) is 10.1 Å². The number of nitrogens with zero attached hydrogens (tertiary/aromatic N) is 2. The first kappa shape index (κ1) is 14.0. The second-order valence-electron chi connectivity index (χ2n) is 3.81. The number of pyridine rings is 1. The van der Waals surface area contributed by atoms with Gasteiger partial charge in [-0.15, -0.1) is 0 Å². The number of carbonyl (C=O) groups excluding carboxylic acids is 1. The Morgan fingerprint density at radius 1 is 1.40 bits per heavy atom. The van der Waals surface area contributed by atoms with E-state index in [1.165, 1.54) is 37.6 Å². The molecule has 0 unspecified atom stereocenters. The van der Waals surface area contributed by atoms with Gasteiger partial charge in [-0.25, -0.2) is 9.78 Å². The van der Waals surface area contributed by atoms with Gasteiger partial charge >= 0.3 is 5.97 Å². The summed E-state index contributed by atoms with van der Waals surface area (Å²) in [5, 5.41) is 11.2. The van der Waals surface area contributed by atoms with E-state index in [9.17, 15) is 14.9 Å². The number of rotatable bonds is 3. The highest BCUT2D eigenvalue weighted by molar-refractivity contribution is 6.33. The van der Waals surface area contributed by atoms with Gasteiger partial charge in [0.25, 0.3) is 5.69 Å². The fraction of sp³-hybridized carbons (Fsp3) is 0.0769. The quantitative estimate of drug-likeness (QED) is 0.493.